The zero-order valence-corrected chi connectivity index (χ0v) is 26.8. The molecule has 246 valence electrons. The van der Waals surface area contributed by atoms with Crippen LogP contribution in [0.1, 0.15) is 48.3 Å². The molecule has 2 aliphatic rings. The fourth-order valence-corrected chi connectivity index (χ4v) is 5.81. The van der Waals surface area contributed by atoms with Crippen LogP contribution in [0, 0.1) is 0 Å². The first-order chi connectivity index (χ1) is 23.9. The van der Waals surface area contributed by atoms with Crippen molar-refractivity contribution in [1.82, 2.24) is 10.2 Å². The first kappa shape index (κ1) is 31.5. The van der Waals surface area contributed by atoms with Gasteiger partial charge in [-0.3, -0.25) is 9.59 Å². The fraction of sp³-hybridized carbons (Fsp3) is 0.211. The lowest BCUT2D eigenvalue weighted by Gasteiger charge is -2.20. The summed E-state index contributed by atoms with van der Waals surface area (Å²) in [6.45, 7) is 3.30. The van der Waals surface area contributed by atoms with Crippen molar-refractivity contribution in [2.75, 3.05) is 13.2 Å². The minimum absolute atomic E-state index is 0.264. The monoisotopic (exact) mass is 656 g/mol. The van der Waals surface area contributed by atoms with Gasteiger partial charge in [-0.2, -0.15) is 0 Å². The van der Waals surface area contributed by atoms with Crippen LogP contribution in [0.4, 0.5) is 0 Å². The lowest BCUT2D eigenvalue weighted by molar-refractivity contribution is -0.148. The van der Waals surface area contributed by atoms with Crippen LogP contribution in [0.2, 0.25) is 0 Å². The number of ether oxygens (including phenoxy) is 4. The van der Waals surface area contributed by atoms with Crippen molar-refractivity contribution in [3.05, 3.63) is 131 Å². The van der Waals surface area contributed by atoms with Crippen LogP contribution >= 0.6 is 0 Å². The number of aromatic nitrogens is 2. The Kier molecular flexibility index (Phi) is 8.96. The van der Waals surface area contributed by atoms with Gasteiger partial charge in [0.1, 0.15) is 25.3 Å². The molecular weight excluding hydrogens is 624 g/mol. The second-order valence-corrected chi connectivity index (χ2v) is 11.6. The van der Waals surface area contributed by atoms with Gasteiger partial charge in [0.15, 0.2) is 12.2 Å². The number of aliphatic imine (C=N–C) groups is 2. The molecule has 0 unspecified atom stereocenters. The lowest BCUT2D eigenvalue weighted by Crippen LogP contribution is -2.23. The van der Waals surface area contributed by atoms with Crippen molar-refractivity contribution in [3.8, 4) is 22.9 Å². The van der Waals surface area contributed by atoms with Crippen LogP contribution in [0.5, 0.6) is 0 Å². The highest BCUT2D eigenvalue weighted by atomic mass is 16.6. The van der Waals surface area contributed by atoms with Crippen LogP contribution in [0.3, 0.4) is 0 Å². The summed E-state index contributed by atoms with van der Waals surface area (Å²) in [5.41, 5.74) is 4.51. The zero-order valence-electron chi connectivity index (χ0n) is 26.8. The quantitative estimate of drug-likeness (QED) is 0.159. The molecule has 0 radical (unpaired) electrons. The van der Waals surface area contributed by atoms with E-state index in [1.807, 2.05) is 109 Å². The van der Waals surface area contributed by atoms with Gasteiger partial charge in [-0.15, -0.1) is 10.2 Å². The maximum Gasteiger partial charge on any atom is 0.303 e. The Morgan fingerprint density at radius 1 is 0.592 bits per heavy atom. The summed E-state index contributed by atoms with van der Waals surface area (Å²) in [4.78, 5) is 33.3. The van der Waals surface area contributed by atoms with Crippen molar-refractivity contribution in [3.63, 3.8) is 0 Å². The van der Waals surface area contributed by atoms with E-state index in [0.29, 0.717) is 34.7 Å². The molecule has 0 fully saturated rings. The highest BCUT2D eigenvalue weighted by molar-refractivity contribution is 5.97. The van der Waals surface area contributed by atoms with Crippen molar-refractivity contribution in [2.45, 2.75) is 38.1 Å². The van der Waals surface area contributed by atoms with Gasteiger partial charge in [0, 0.05) is 36.1 Å². The molecule has 0 aliphatic carbocycles. The molecular formula is C38H32N4O7. The zero-order chi connectivity index (χ0) is 33.7. The molecule has 0 N–H and O–H groups in total. The number of benzene rings is 4. The molecule has 49 heavy (non-hydrogen) atoms. The Morgan fingerprint density at radius 2 is 1.00 bits per heavy atom. The van der Waals surface area contributed by atoms with E-state index in [1.54, 1.807) is 0 Å². The third kappa shape index (κ3) is 7.10. The smallest absolute Gasteiger partial charge is 0.303 e. The molecule has 3 heterocycles. The number of hydrogen-bond donors (Lipinski definition) is 0. The molecule has 0 amide bonds. The number of nitrogens with zero attached hydrogens (tertiary/aromatic N) is 4. The third-order valence-corrected chi connectivity index (χ3v) is 8.03. The summed E-state index contributed by atoms with van der Waals surface area (Å²) in [6, 6.07) is 33.2. The van der Waals surface area contributed by atoms with Crippen molar-refractivity contribution in [2.24, 2.45) is 9.98 Å². The maximum absolute atomic E-state index is 11.9. The molecule has 0 saturated heterocycles. The van der Waals surface area contributed by atoms with Crippen molar-refractivity contribution >= 4 is 23.7 Å². The van der Waals surface area contributed by atoms with E-state index < -0.39 is 24.3 Å². The van der Waals surface area contributed by atoms with E-state index in [1.165, 1.54) is 13.8 Å². The number of carbonyl (C=O) groups is 2. The van der Waals surface area contributed by atoms with Gasteiger partial charge in [-0.05, 0) is 47.5 Å². The normalized spacial score (nSPS) is 18.0. The van der Waals surface area contributed by atoms with E-state index in [4.69, 9.17) is 33.3 Å². The minimum Gasteiger partial charge on any atom is -0.475 e. The summed E-state index contributed by atoms with van der Waals surface area (Å²) >= 11 is 0. The molecule has 0 saturated carbocycles. The van der Waals surface area contributed by atoms with Crippen LogP contribution in [-0.2, 0) is 28.5 Å². The Hall–Kier alpha value is -6.10. The SMILES string of the molecule is CC(=O)O[C@@H](c1ccccc1)[C@H]1COC(c2cccc(-c3nnc(-c4cccc(C5=N[C@@H]([C@@H](OC(C)=O)c6ccccc6)CO5)c4)o3)c2)=N1. The average molecular weight is 657 g/mol. The summed E-state index contributed by atoms with van der Waals surface area (Å²) in [7, 11) is 0. The molecule has 5 aromatic rings. The molecule has 2 aliphatic heterocycles. The maximum atomic E-state index is 11.9. The number of rotatable bonds is 10. The molecule has 11 nitrogen and oxygen atoms in total. The first-order valence-corrected chi connectivity index (χ1v) is 15.8. The molecule has 0 bridgehead atoms. The summed E-state index contributed by atoms with van der Waals surface area (Å²) in [5.74, 6) is 0.738. The van der Waals surface area contributed by atoms with Gasteiger partial charge in [-0.25, -0.2) is 9.98 Å². The summed E-state index contributed by atoms with van der Waals surface area (Å²) < 4.78 is 29.3. The standard InChI is InChI=1S/C38H32N4O7/c1-23(43)47-33(25-11-5-3-6-12-25)31-21-45-35(39-31)27-15-9-17-29(19-27)37-41-42-38(49-37)30-18-10-16-28(20-30)36-40-32(22-46-36)34(48-24(2)44)26-13-7-4-8-14-26/h3-20,31-34H,21-22H2,1-2H3/t31-,32-,33+,34+/m1/s1. The Labute approximate surface area is 282 Å². The predicted octanol–water partition coefficient (Wildman–Crippen LogP) is 6.30. The second kappa shape index (κ2) is 13.9. The third-order valence-electron chi connectivity index (χ3n) is 8.03. The molecule has 1 aromatic heterocycles. The fourth-order valence-electron chi connectivity index (χ4n) is 5.81. The number of esters is 2. The van der Waals surface area contributed by atoms with Gasteiger partial charge < -0.3 is 23.4 Å². The topological polar surface area (TPSA) is 135 Å². The number of hydrogen-bond acceptors (Lipinski definition) is 11. The predicted molar refractivity (Wildman–Crippen MR) is 180 cm³/mol. The van der Waals surface area contributed by atoms with Crippen molar-refractivity contribution in [1.29, 1.82) is 0 Å². The molecule has 0 spiro atoms. The van der Waals surface area contributed by atoms with Gasteiger partial charge in [0.05, 0.1) is 0 Å². The summed E-state index contributed by atoms with van der Waals surface area (Å²) in [6.07, 6.45) is -1.14. The molecule has 7 rings (SSSR count). The van der Waals surface area contributed by atoms with E-state index in [2.05, 4.69) is 10.2 Å². The second-order valence-electron chi connectivity index (χ2n) is 11.6. The minimum atomic E-state index is -0.570. The van der Waals surface area contributed by atoms with Gasteiger partial charge in [-0.1, -0.05) is 72.8 Å². The number of carbonyl (C=O) groups excluding carboxylic acids is 2. The Bertz CT molecular complexity index is 1880. The van der Waals surface area contributed by atoms with E-state index in [-0.39, 0.29) is 25.2 Å². The summed E-state index contributed by atoms with van der Waals surface area (Å²) in [5, 5.41) is 8.61. The van der Waals surface area contributed by atoms with Gasteiger partial charge in [0.2, 0.25) is 23.6 Å². The Morgan fingerprint density at radius 3 is 1.41 bits per heavy atom. The average Bonchev–Trinajstić information content (AvgIpc) is 3.93. The van der Waals surface area contributed by atoms with E-state index >= 15 is 0 Å². The highest BCUT2D eigenvalue weighted by Crippen LogP contribution is 2.32. The van der Waals surface area contributed by atoms with Gasteiger partial charge in [0.25, 0.3) is 0 Å². The Balaban J connectivity index is 1.09. The highest BCUT2D eigenvalue weighted by Gasteiger charge is 2.33. The van der Waals surface area contributed by atoms with Crippen LogP contribution in [-0.4, -0.2) is 59.2 Å². The van der Waals surface area contributed by atoms with Crippen molar-refractivity contribution < 1.29 is 33.0 Å². The van der Waals surface area contributed by atoms with E-state index in [9.17, 15) is 9.59 Å². The molecule has 11 heteroatoms. The van der Waals surface area contributed by atoms with Crippen LogP contribution in [0.25, 0.3) is 22.9 Å². The molecule has 4 aromatic carbocycles. The van der Waals surface area contributed by atoms with Gasteiger partial charge >= 0.3 is 11.9 Å². The largest absolute Gasteiger partial charge is 0.475 e. The lowest BCUT2D eigenvalue weighted by atomic mass is 10.0. The first-order valence-electron chi connectivity index (χ1n) is 15.8. The van der Waals surface area contributed by atoms with E-state index in [0.717, 1.165) is 22.3 Å². The molecule has 4 atom stereocenters. The van der Waals surface area contributed by atoms with Crippen LogP contribution in [0.15, 0.2) is 124 Å². The van der Waals surface area contributed by atoms with Crippen LogP contribution < -0.4 is 0 Å².